The number of ether oxygens (including phenoxy) is 1. The lowest BCUT2D eigenvalue weighted by Gasteiger charge is -2.15. The maximum absolute atomic E-state index is 12.8. The molecule has 23 heavy (non-hydrogen) atoms. The Morgan fingerprint density at radius 2 is 1.83 bits per heavy atom. The van der Waals surface area contributed by atoms with Gasteiger partial charge in [0.25, 0.3) is 0 Å². The first-order valence-corrected chi connectivity index (χ1v) is 7.49. The molecule has 3 nitrogen and oxygen atoms in total. The lowest BCUT2D eigenvalue weighted by atomic mass is 10.2. The first-order chi connectivity index (χ1) is 11.0. The fraction of sp³-hybridized carbons (Fsp3) is 0.167. The van der Waals surface area contributed by atoms with Crippen molar-refractivity contribution >= 4 is 23.6 Å². The Morgan fingerprint density at radius 3 is 2.48 bits per heavy atom. The Balaban J connectivity index is 1.78. The first-order valence-electron chi connectivity index (χ1n) is 7.12. The summed E-state index contributed by atoms with van der Waals surface area (Å²) >= 11 is 5.79. The van der Waals surface area contributed by atoms with E-state index in [4.69, 9.17) is 16.3 Å². The number of hydrogen-bond donors (Lipinski definition) is 0. The summed E-state index contributed by atoms with van der Waals surface area (Å²) in [6.07, 6.45) is 3.11. The second-order valence-electron chi connectivity index (χ2n) is 4.95. The van der Waals surface area contributed by atoms with E-state index in [-0.39, 0.29) is 11.7 Å². The summed E-state index contributed by atoms with van der Waals surface area (Å²) in [5.74, 6) is 0.260. The summed E-state index contributed by atoms with van der Waals surface area (Å²) in [4.78, 5) is 13.5. The van der Waals surface area contributed by atoms with Crippen molar-refractivity contribution in [2.24, 2.45) is 0 Å². The van der Waals surface area contributed by atoms with Gasteiger partial charge in [-0.2, -0.15) is 0 Å². The van der Waals surface area contributed by atoms with Crippen molar-refractivity contribution in [3.05, 3.63) is 71.0 Å². The van der Waals surface area contributed by atoms with Gasteiger partial charge in [0.1, 0.15) is 18.2 Å². The normalized spacial score (nSPS) is 10.7. The highest BCUT2D eigenvalue weighted by Crippen LogP contribution is 2.15. The first kappa shape index (κ1) is 17.0. The zero-order valence-electron chi connectivity index (χ0n) is 12.7. The van der Waals surface area contributed by atoms with Crippen LogP contribution in [-0.4, -0.2) is 31.0 Å². The van der Waals surface area contributed by atoms with Crippen LogP contribution in [-0.2, 0) is 4.79 Å². The Morgan fingerprint density at radius 1 is 1.17 bits per heavy atom. The molecule has 1 amide bonds. The van der Waals surface area contributed by atoms with Gasteiger partial charge in [-0.05, 0) is 48.0 Å². The summed E-state index contributed by atoms with van der Waals surface area (Å²) in [5, 5.41) is 0.649. The van der Waals surface area contributed by atoms with Crippen molar-refractivity contribution in [1.82, 2.24) is 4.90 Å². The van der Waals surface area contributed by atoms with Gasteiger partial charge >= 0.3 is 0 Å². The molecule has 0 aliphatic heterocycles. The highest BCUT2D eigenvalue weighted by Gasteiger charge is 2.05. The summed E-state index contributed by atoms with van der Waals surface area (Å²) in [5.41, 5.74) is 0.769. The SMILES string of the molecule is CN(CCOc1ccc(Cl)cc1)C(=O)/C=C/c1ccc(F)cc1. The van der Waals surface area contributed by atoms with Crippen LogP contribution in [0.5, 0.6) is 5.75 Å². The van der Waals surface area contributed by atoms with E-state index in [0.717, 1.165) is 5.56 Å². The molecule has 2 rings (SSSR count). The summed E-state index contributed by atoms with van der Waals surface area (Å²) in [6, 6.07) is 13.0. The standard InChI is InChI=1S/C18H17ClFNO2/c1-21(12-13-23-17-9-5-15(19)6-10-17)18(22)11-4-14-2-7-16(20)8-3-14/h2-11H,12-13H2,1H3/b11-4+. The monoisotopic (exact) mass is 333 g/mol. The molecule has 0 aromatic heterocycles. The Kier molecular flexibility index (Phi) is 6.18. The topological polar surface area (TPSA) is 29.5 Å². The van der Waals surface area contributed by atoms with Crippen molar-refractivity contribution in [2.75, 3.05) is 20.2 Å². The predicted molar refractivity (Wildman–Crippen MR) is 90.0 cm³/mol. The van der Waals surface area contributed by atoms with Gasteiger partial charge < -0.3 is 9.64 Å². The minimum atomic E-state index is -0.301. The van der Waals surface area contributed by atoms with E-state index in [2.05, 4.69) is 0 Å². The molecule has 0 saturated carbocycles. The van der Waals surface area contributed by atoms with Gasteiger partial charge in [-0.25, -0.2) is 4.39 Å². The third-order valence-corrected chi connectivity index (χ3v) is 3.43. The van der Waals surface area contributed by atoms with Gasteiger partial charge in [0.2, 0.25) is 5.91 Å². The van der Waals surface area contributed by atoms with Crippen molar-refractivity contribution in [3.8, 4) is 5.75 Å². The van der Waals surface area contributed by atoms with Gasteiger partial charge in [-0.15, -0.1) is 0 Å². The van der Waals surface area contributed by atoms with E-state index in [1.54, 1.807) is 54.4 Å². The fourth-order valence-electron chi connectivity index (χ4n) is 1.81. The molecule has 0 atom stereocenters. The number of halogens is 2. The average Bonchev–Trinajstić information content (AvgIpc) is 2.55. The Bertz CT molecular complexity index is 668. The van der Waals surface area contributed by atoms with Crippen LogP contribution in [0.3, 0.4) is 0 Å². The molecule has 0 N–H and O–H groups in total. The van der Waals surface area contributed by atoms with E-state index in [1.165, 1.54) is 18.2 Å². The van der Waals surface area contributed by atoms with Crippen molar-refractivity contribution < 1.29 is 13.9 Å². The molecule has 0 aliphatic rings. The number of benzene rings is 2. The van der Waals surface area contributed by atoms with E-state index < -0.39 is 0 Å². The van der Waals surface area contributed by atoms with Crippen LogP contribution in [0.2, 0.25) is 5.02 Å². The van der Waals surface area contributed by atoms with Gasteiger partial charge in [-0.3, -0.25) is 4.79 Å². The average molecular weight is 334 g/mol. The predicted octanol–water partition coefficient (Wildman–Crippen LogP) is 4.03. The van der Waals surface area contributed by atoms with E-state index >= 15 is 0 Å². The van der Waals surface area contributed by atoms with Crippen LogP contribution in [0.4, 0.5) is 4.39 Å². The molecule has 2 aromatic carbocycles. The van der Waals surface area contributed by atoms with Crippen LogP contribution in [0.15, 0.2) is 54.6 Å². The molecule has 2 aromatic rings. The van der Waals surface area contributed by atoms with Crippen molar-refractivity contribution in [2.45, 2.75) is 0 Å². The van der Waals surface area contributed by atoms with Crippen LogP contribution in [0.25, 0.3) is 6.08 Å². The zero-order chi connectivity index (χ0) is 16.7. The second kappa shape index (κ2) is 8.34. The van der Waals surface area contributed by atoms with Crippen LogP contribution in [0.1, 0.15) is 5.56 Å². The van der Waals surface area contributed by atoms with E-state index in [0.29, 0.717) is 23.9 Å². The van der Waals surface area contributed by atoms with Gasteiger partial charge in [0.15, 0.2) is 0 Å². The number of nitrogens with zero attached hydrogens (tertiary/aromatic N) is 1. The van der Waals surface area contributed by atoms with E-state index in [9.17, 15) is 9.18 Å². The van der Waals surface area contributed by atoms with Crippen LogP contribution < -0.4 is 4.74 Å². The minimum absolute atomic E-state index is 0.144. The molecule has 120 valence electrons. The van der Waals surface area contributed by atoms with Gasteiger partial charge in [0.05, 0.1) is 6.54 Å². The smallest absolute Gasteiger partial charge is 0.246 e. The van der Waals surface area contributed by atoms with E-state index in [1.807, 2.05) is 0 Å². The molecular weight excluding hydrogens is 317 g/mol. The number of amides is 1. The Labute approximate surface area is 139 Å². The van der Waals surface area contributed by atoms with Gasteiger partial charge in [0, 0.05) is 18.1 Å². The molecule has 0 saturated heterocycles. The number of carbonyl (C=O) groups is 1. The molecule has 0 unspecified atom stereocenters. The number of carbonyl (C=O) groups excluding carboxylic acids is 1. The maximum Gasteiger partial charge on any atom is 0.246 e. The molecule has 0 bridgehead atoms. The molecule has 5 heteroatoms. The molecule has 0 radical (unpaired) electrons. The molecule has 0 spiro atoms. The third kappa shape index (κ3) is 5.75. The lowest BCUT2D eigenvalue weighted by Crippen LogP contribution is -2.29. The summed E-state index contributed by atoms with van der Waals surface area (Å²) < 4.78 is 18.3. The molecule has 0 aliphatic carbocycles. The van der Waals surface area contributed by atoms with Crippen molar-refractivity contribution in [1.29, 1.82) is 0 Å². The number of hydrogen-bond acceptors (Lipinski definition) is 2. The quantitative estimate of drug-likeness (QED) is 0.747. The summed E-state index contributed by atoms with van der Waals surface area (Å²) in [6.45, 7) is 0.837. The lowest BCUT2D eigenvalue weighted by molar-refractivity contribution is -0.125. The Hall–Kier alpha value is -2.33. The second-order valence-corrected chi connectivity index (χ2v) is 5.38. The van der Waals surface area contributed by atoms with Gasteiger partial charge in [-0.1, -0.05) is 23.7 Å². The molecular formula is C18H17ClFNO2. The number of likely N-dealkylation sites (N-methyl/N-ethyl adjacent to an activating group) is 1. The highest BCUT2D eigenvalue weighted by atomic mass is 35.5. The zero-order valence-corrected chi connectivity index (χ0v) is 13.5. The number of rotatable bonds is 6. The van der Waals surface area contributed by atoms with Crippen LogP contribution >= 0.6 is 11.6 Å². The summed E-state index contributed by atoms with van der Waals surface area (Å²) in [7, 11) is 1.70. The molecule has 0 fully saturated rings. The van der Waals surface area contributed by atoms with Crippen molar-refractivity contribution in [3.63, 3.8) is 0 Å². The maximum atomic E-state index is 12.8. The highest BCUT2D eigenvalue weighted by molar-refractivity contribution is 6.30. The third-order valence-electron chi connectivity index (χ3n) is 3.17. The molecule has 0 heterocycles. The fourth-order valence-corrected chi connectivity index (χ4v) is 1.94. The largest absolute Gasteiger partial charge is 0.492 e. The minimum Gasteiger partial charge on any atom is -0.492 e. The van der Waals surface area contributed by atoms with Crippen LogP contribution in [0, 0.1) is 5.82 Å².